The summed E-state index contributed by atoms with van der Waals surface area (Å²) in [6, 6.07) is 14.6. The summed E-state index contributed by atoms with van der Waals surface area (Å²) >= 11 is 0. The zero-order valence-electron chi connectivity index (χ0n) is 15.8. The molecule has 0 spiro atoms. The van der Waals surface area contributed by atoms with E-state index in [0.29, 0.717) is 18.7 Å². The maximum atomic E-state index is 12.9. The van der Waals surface area contributed by atoms with Crippen LogP contribution in [0.15, 0.2) is 48.5 Å². The molecule has 0 bridgehead atoms. The highest BCUT2D eigenvalue weighted by molar-refractivity contribution is 5.97. The number of amides is 1. The molecule has 2 aromatic carbocycles. The van der Waals surface area contributed by atoms with Crippen molar-refractivity contribution in [2.45, 2.75) is 19.5 Å². The van der Waals surface area contributed by atoms with Gasteiger partial charge in [0.05, 0.1) is 25.8 Å². The molecule has 1 saturated heterocycles. The average Bonchev–Trinajstić information content (AvgIpc) is 2.71. The van der Waals surface area contributed by atoms with Crippen molar-refractivity contribution in [1.29, 1.82) is 0 Å². The summed E-state index contributed by atoms with van der Waals surface area (Å²) in [5, 5.41) is 0. The molecule has 1 aliphatic heterocycles. The van der Waals surface area contributed by atoms with Gasteiger partial charge in [-0.25, -0.2) is 4.79 Å². The van der Waals surface area contributed by atoms with Crippen molar-refractivity contribution in [2.75, 3.05) is 32.2 Å². The van der Waals surface area contributed by atoms with Gasteiger partial charge < -0.3 is 14.4 Å². The number of benzene rings is 2. The van der Waals surface area contributed by atoms with Gasteiger partial charge in [-0.1, -0.05) is 18.2 Å². The fourth-order valence-corrected chi connectivity index (χ4v) is 3.26. The van der Waals surface area contributed by atoms with Gasteiger partial charge in [0.15, 0.2) is 0 Å². The van der Waals surface area contributed by atoms with Gasteiger partial charge in [0, 0.05) is 31.4 Å². The van der Waals surface area contributed by atoms with Gasteiger partial charge in [-0.15, -0.1) is 0 Å². The minimum absolute atomic E-state index is 0.0701. The molecule has 3 rings (SSSR count). The lowest BCUT2D eigenvalue weighted by Gasteiger charge is -2.39. The molecule has 1 fully saturated rings. The first-order valence-electron chi connectivity index (χ1n) is 8.90. The summed E-state index contributed by atoms with van der Waals surface area (Å²) in [6.45, 7) is 3.97. The zero-order chi connectivity index (χ0) is 19.4. The fraction of sp³-hybridized carbons (Fsp3) is 0.333. The molecule has 1 amide bonds. The fourth-order valence-electron chi connectivity index (χ4n) is 3.26. The Balaban J connectivity index is 1.68. The topological polar surface area (TPSA) is 59.1 Å². The Labute approximate surface area is 159 Å². The van der Waals surface area contributed by atoms with Gasteiger partial charge in [-0.3, -0.25) is 9.69 Å². The molecule has 6 heteroatoms. The van der Waals surface area contributed by atoms with Crippen LogP contribution < -0.4 is 9.64 Å². The van der Waals surface area contributed by atoms with E-state index in [-0.39, 0.29) is 17.9 Å². The summed E-state index contributed by atoms with van der Waals surface area (Å²) in [6.07, 6.45) is 0. The summed E-state index contributed by atoms with van der Waals surface area (Å²) in [5.41, 5.74) is 2.43. The van der Waals surface area contributed by atoms with Crippen molar-refractivity contribution in [3.05, 3.63) is 59.7 Å². The summed E-state index contributed by atoms with van der Waals surface area (Å²) in [7, 11) is 2.98. The van der Waals surface area contributed by atoms with E-state index in [1.165, 1.54) is 7.11 Å². The molecule has 0 saturated carbocycles. The Kier molecular flexibility index (Phi) is 5.76. The SMILES string of the molecule is COC(=O)c1ccc(CN2CCN(c3cccc(OC)c3)C(=O)C2C)cc1. The van der Waals surface area contributed by atoms with Gasteiger partial charge in [-0.05, 0) is 36.8 Å². The van der Waals surface area contributed by atoms with Crippen molar-refractivity contribution in [3.63, 3.8) is 0 Å². The second kappa shape index (κ2) is 8.22. The van der Waals surface area contributed by atoms with E-state index >= 15 is 0 Å². The number of hydrogen-bond donors (Lipinski definition) is 0. The van der Waals surface area contributed by atoms with E-state index in [0.717, 1.165) is 23.5 Å². The van der Waals surface area contributed by atoms with E-state index in [2.05, 4.69) is 4.90 Å². The number of nitrogens with zero attached hydrogens (tertiary/aromatic N) is 2. The van der Waals surface area contributed by atoms with Crippen LogP contribution >= 0.6 is 0 Å². The molecule has 27 heavy (non-hydrogen) atoms. The average molecular weight is 368 g/mol. The normalized spacial score (nSPS) is 17.7. The number of rotatable bonds is 5. The first-order chi connectivity index (χ1) is 13.0. The molecule has 2 aromatic rings. The first kappa shape index (κ1) is 18.9. The minimum atomic E-state index is -0.350. The molecule has 1 atom stereocenters. The van der Waals surface area contributed by atoms with Crippen LogP contribution in [0.2, 0.25) is 0 Å². The monoisotopic (exact) mass is 368 g/mol. The van der Waals surface area contributed by atoms with E-state index in [1.807, 2.05) is 48.2 Å². The number of carbonyl (C=O) groups excluding carboxylic acids is 2. The predicted molar refractivity (Wildman–Crippen MR) is 103 cm³/mol. The van der Waals surface area contributed by atoms with Crippen LogP contribution in [0.1, 0.15) is 22.8 Å². The zero-order valence-corrected chi connectivity index (χ0v) is 15.8. The number of hydrogen-bond acceptors (Lipinski definition) is 5. The Bertz CT molecular complexity index is 819. The van der Waals surface area contributed by atoms with Gasteiger partial charge in [0.1, 0.15) is 5.75 Å². The molecule has 0 N–H and O–H groups in total. The Hall–Kier alpha value is -2.86. The smallest absolute Gasteiger partial charge is 0.337 e. The molecule has 1 aliphatic rings. The third-order valence-electron chi connectivity index (χ3n) is 4.91. The molecule has 0 aliphatic carbocycles. The van der Waals surface area contributed by atoms with Crippen molar-refractivity contribution < 1.29 is 19.1 Å². The van der Waals surface area contributed by atoms with Gasteiger partial charge in [0.25, 0.3) is 0 Å². The Morgan fingerprint density at radius 2 is 1.85 bits per heavy atom. The largest absolute Gasteiger partial charge is 0.497 e. The molecule has 0 aromatic heterocycles. The molecular weight excluding hydrogens is 344 g/mol. The lowest BCUT2D eigenvalue weighted by Crippen LogP contribution is -2.55. The summed E-state index contributed by atoms with van der Waals surface area (Å²) in [4.78, 5) is 28.4. The van der Waals surface area contributed by atoms with Gasteiger partial charge in [-0.2, -0.15) is 0 Å². The number of ether oxygens (including phenoxy) is 2. The second-order valence-electron chi connectivity index (χ2n) is 6.53. The van der Waals surface area contributed by atoms with Crippen LogP contribution in [0, 0.1) is 0 Å². The van der Waals surface area contributed by atoms with Gasteiger partial charge in [0.2, 0.25) is 5.91 Å². The first-order valence-corrected chi connectivity index (χ1v) is 8.90. The highest BCUT2D eigenvalue weighted by Crippen LogP contribution is 2.25. The van der Waals surface area contributed by atoms with Crippen LogP contribution in [0.25, 0.3) is 0 Å². The van der Waals surface area contributed by atoms with Crippen LogP contribution in [0.4, 0.5) is 5.69 Å². The van der Waals surface area contributed by atoms with Crippen LogP contribution in [-0.2, 0) is 16.1 Å². The number of carbonyl (C=O) groups is 2. The van der Waals surface area contributed by atoms with Crippen molar-refractivity contribution in [3.8, 4) is 5.75 Å². The minimum Gasteiger partial charge on any atom is -0.497 e. The van der Waals surface area contributed by atoms with Crippen molar-refractivity contribution >= 4 is 17.6 Å². The molecule has 0 radical (unpaired) electrons. The third-order valence-corrected chi connectivity index (χ3v) is 4.91. The van der Waals surface area contributed by atoms with E-state index in [4.69, 9.17) is 9.47 Å². The lowest BCUT2D eigenvalue weighted by molar-refractivity contribution is -0.125. The number of piperazine rings is 1. The third kappa shape index (κ3) is 4.11. The highest BCUT2D eigenvalue weighted by Gasteiger charge is 2.32. The summed E-state index contributed by atoms with van der Waals surface area (Å²) in [5.74, 6) is 0.457. The number of methoxy groups -OCH3 is 2. The van der Waals surface area contributed by atoms with Gasteiger partial charge >= 0.3 is 5.97 Å². The quantitative estimate of drug-likeness (QED) is 0.760. The highest BCUT2D eigenvalue weighted by atomic mass is 16.5. The molecular formula is C21H24N2O4. The van der Waals surface area contributed by atoms with Crippen molar-refractivity contribution in [2.24, 2.45) is 0 Å². The number of esters is 1. The molecule has 6 nitrogen and oxygen atoms in total. The van der Waals surface area contributed by atoms with Crippen molar-refractivity contribution in [1.82, 2.24) is 4.90 Å². The molecule has 1 unspecified atom stereocenters. The lowest BCUT2D eigenvalue weighted by atomic mass is 10.1. The van der Waals surface area contributed by atoms with E-state index < -0.39 is 0 Å². The molecule has 1 heterocycles. The Morgan fingerprint density at radius 1 is 1.11 bits per heavy atom. The van der Waals surface area contributed by atoms with Crippen LogP contribution in [0.3, 0.4) is 0 Å². The van der Waals surface area contributed by atoms with Crippen LogP contribution in [-0.4, -0.2) is 50.1 Å². The second-order valence-corrected chi connectivity index (χ2v) is 6.53. The summed E-state index contributed by atoms with van der Waals surface area (Å²) < 4.78 is 9.98. The molecule has 142 valence electrons. The van der Waals surface area contributed by atoms with E-state index in [1.54, 1.807) is 19.2 Å². The van der Waals surface area contributed by atoms with E-state index in [9.17, 15) is 9.59 Å². The Morgan fingerprint density at radius 3 is 2.52 bits per heavy atom. The maximum Gasteiger partial charge on any atom is 0.337 e. The van der Waals surface area contributed by atoms with Crippen LogP contribution in [0.5, 0.6) is 5.75 Å². The predicted octanol–water partition coefficient (Wildman–Crippen LogP) is 2.72. The standard InChI is InChI=1S/C21H24N2O4/c1-15-20(24)23(18-5-4-6-19(13-18)26-2)12-11-22(15)14-16-7-9-17(10-8-16)21(25)27-3/h4-10,13,15H,11-12,14H2,1-3H3. The number of anilines is 1. The maximum absolute atomic E-state index is 12.9.